The smallest absolute Gasteiger partial charge is 0.316 e. The topological polar surface area (TPSA) is 80.0 Å². The Hall–Kier alpha value is -2.56. The number of urea groups is 1. The van der Waals surface area contributed by atoms with E-state index in [0.29, 0.717) is 5.69 Å². The first-order valence-electron chi connectivity index (χ1n) is 5.98. The van der Waals surface area contributed by atoms with Gasteiger partial charge in [-0.05, 0) is 42.8 Å². The van der Waals surface area contributed by atoms with E-state index in [-0.39, 0.29) is 6.04 Å². The molecule has 0 aliphatic heterocycles. The van der Waals surface area contributed by atoms with Crippen LogP contribution in [0.2, 0.25) is 0 Å². The molecule has 1 aromatic heterocycles. The van der Waals surface area contributed by atoms with Gasteiger partial charge in [-0.3, -0.25) is 4.98 Å². The fourth-order valence-corrected chi connectivity index (χ4v) is 1.76. The molecular formula is C14H16N4O. The number of benzene rings is 1. The van der Waals surface area contributed by atoms with Crippen LogP contribution in [0.3, 0.4) is 0 Å². The number of primary amides is 1. The Morgan fingerprint density at radius 1 is 1.21 bits per heavy atom. The summed E-state index contributed by atoms with van der Waals surface area (Å²) in [5.41, 5.74) is 7.80. The van der Waals surface area contributed by atoms with Gasteiger partial charge < -0.3 is 16.4 Å². The van der Waals surface area contributed by atoms with Crippen LogP contribution in [0.15, 0.2) is 48.8 Å². The van der Waals surface area contributed by atoms with Gasteiger partial charge in [-0.25, -0.2) is 4.79 Å². The van der Waals surface area contributed by atoms with Crippen LogP contribution in [-0.2, 0) is 0 Å². The predicted octanol–water partition coefficient (Wildman–Crippen LogP) is 2.75. The average molecular weight is 256 g/mol. The van der Waals surface area contributed by atoms with Gasteiger partial charge in [0.2, 0.25) is 0 Å². The second-order valence-corrected chi connectivity index (χ2v) is 4.22. The van der Waals surface area contributed by atoms with Gasteiger partial charge in [0.05, 0.1) is 6.04 Å². The summed E-state index contributed by atoms with van der Waals surface area (Å²) in [7, 11) is 0. The molecule has 5 nitrogen and oxygen atoms in total. The summed E-state index contributed by atoms with van der Waals surface area (Å²) >= 11 is 0. The maximum absolute atomic E-state index is 10.7. The lowest BCUT2D eigenvalue weighted by molar-refractivity contribution is 0.259. The molecule has 0 spiro atoms. The van der Waals surface area contributed by atoms with E-state index in [0.717, 1.165) is 11.3 Å². The lowest BCUT2D eigenvalue weighted by Gasteiger charge is -2.15. The Bertz CT molecular complexity index is 539. The monoisotopic (exact) mass is 256 g/mol. The van der Waals surface area contributed by atoms with Gasteiger partial charge in [0.15, 0.2) is 0 Å². The number of nitrogens with two attached hydrogens (primary N) is 1. The normalized spacial score (nSPS) is 11.6. The Morgan fingerprint density at radius 3 is 2.47 bits per heavy atom. The van der Waals surface area contributed by atoms with E-state index < -0.39 is 6.03 Å². The molecule has 1 atom stereocenters. The highest BCUT2D eigenvalue weighted by atomic mass is 16.2. The lowest BCUT2D eigenvalue weighted by atomic mass is 10.1. The highest BCUT2D eigenvalue weighted by Crippen LogP contribution is 2.20. The van der Waals surface area contributed by atoms with Crippen molar-refractivity contribution in [1.29, 1.82) is 0 Å². The van der Waals surface area contributed by atoms with E-state index in [1.54, 1.807) is 18.3 Å². The highest BCUT2D eigenvalue weighted by molar-refractivity contribution is 5.87. The maximum atomic E-state index is 10.7. The maximum Gasteiger partial charge on any atom is 0.316 e. The molecule has 0 bridgehead atoms. The zero-order valence-corrected chi connectivity index (χ0v) is 10.6. The van der Waals surface area contributed by atoms with Crippen molar-refractivity contribution in [3.8, 4) is 0 Å². The van der Waals surface area contributed by atoms with Crippen molar-refractivity contribution in [3.05, 3.63) is 54.4 Å². The third-order valence-electron chi connectivity index (χ3n) is 2.72. The molecule has 1 heterocycles. The quantitative estimate of drug-likeness (QED) is 0.786. The van der Waals surface area contributed by atoms with Crippen molar-refractivity contribution >= 4 is 17.4 Å². The Labute approximate surface area is 111 Å². The van der Waals surface area contributed by atoms with Crippen molar-refractivity contribution in [2.75, 3.05) is 10.6 Å². The van der Waals surface area contributed by atoms with Crippen LogP contribution in [0.4, 0.5) is 16.2 Å². The molecule has 2 rings (SSSR count). The van der Waals surface area contributed by atoms with Gasteiger partial charge in [-0.15, -0.1) is 0 Å². The van der Waals surface area contributed by atoms with E-state index in [1.807, 2.05) is 30.5 Å². The first kappa shape index (κ1) is 12.9. The SMILES string of the molecule is CC(Nc1ccc(NC(N)=O)cc1)c1cccnc1. The number of carbonyl (C=O) groups excluding carboxylic acids is 1. The standard InChI is InChI=1S/C14H16N4O/c1-10(11-3-2-8-16-9-11)17-12-4-6-13(7-5-12)18-14(15)19/h2-10,17H,1H3,(H3,15,18,19). The summed E-state index contributed by atoms with van der Waals surface area (Å²) in [6.07, 6.45) is 3.58. The molecule has 0 aliphatic carbocycles. The number of pyridine rings is 1. The van der Waals surface area contributed by atoms with Crippen LogP contribution < -0.4 is 16.4 Å². The summed E-state index contributed by atoms with van der Waals surface area (Å²) in [6, 6.07) is 10.9. The van der Waals surface area contributed by atoms with E-state index in [2.05, 4.69) is 22.5 Å². The second-order valence-electron chi connectivity index (χ2n) is 4.22. The number of aromatic nitrogens is 1. The van der Waals surface area contributed by atoms with Crippen LogP contribution in [0.25, 0.3) is 0 Å². The number of rotatable bonds is 4. The van der Waals surface area contributed by atoms with E-state index >= 15 is 0 Å². The van der Waals surface area contributed by atoms with Crippen molar-refractivity contribution in [3.63, 3.8) is 0 Å². The summed E-state index contributed by atoms with van der Waals surface area (Å²) < 4.78 is 0. The molecule has 0 saturated heterocycles. The molecule has 5 heteroatoms. The van der Waals surface area contributed by atoms with E-state index in [1.165, 1.54) is 0 Å². The van der Waals surface area contributed by atoms with Crippen molar-refractivity contribution in [1.82, 2.24) is 4.98 Å². The first-order chi connectivity index (χ1) is 9.15. The number of carbonyl (C=O) groups is 1. The molecule has 98 valence electrons. The van der Waals surface area contributed by atoms with Crippen molar-refractivity contribution in [2.24, 2.45) is 5.73 Å². The Kier molecular flexibility index (Phi) is 3.97. The molecule has 2 amide bonds. The molecule has 0 radical (unpaired) electrons. The summed E-state index contributed by atoms with van der Waals surface area (Å²) in [6.45, 7) is 2.06. The lowest BCUT2D eigenvalue weighted by Crippen LogP contribution is -2.19. The van der Waals surface area contributed by atoms with Crippen LogP contribution in [0.5, 0.6) is 0 Å². The molecule has 0 saturated carbocycles. The summed E-state index contributed by atoms with van der Waals surface area (Å²) in [4.78, 5) is 14.8. The zero-order chi connectivity index (χ0) is 13.7. The van der Waals surface area contributed by atoms with Crippen LogP contribution in [0.1, 0.15) is 18.5 Å². The molecule has 0 fully saturated rings. The van der Waals surface area contributed by atoms with Gasteiger partial charge >= 0.3 is 6.03 Å². The summed E-state index contributed by atoms with van der Waals surface area (Å²) in [5.74, 6) is 0. The number of hydrogen-bond acceptors (Lipinski definition) is 3. The van der Waals surface area contributed by atoms with Gasteiger partial charge in [0, 0.05) is 23.8 Å². The molecule has 1 aromatic carbocycles. The highest BCUT2D eigenvalue weighted by Gasteiger charge is 2.05. The van der Waals surface area contributed by atoms with E-state index in [4.69, 9.17) is 5.73 Å². The van der Waals surface area contributed by atoms with Crippen molar-refractivity contribution < 1.29 is 4.79 Å². The molecule has 19 heavy (non-hydrogen) atoms. The average Bonchev–Trinajstić information content (AvgIpc) is 2.41. The van der Waals surface area contributed by atoms with E-state index in [9.17, 15) is 4.79 Å². The third kappa shape index (κ3) is 3.70. The number of nitrogens with zero attached hydrogens (tertiary/aromatic N) is 1. The third-order valence-corrected chi connectivity index (χ3v) is 2.72. The molecule has 2 aromatic rings. The number of hydrogen-bond donors (Lipinski definition) is 3. The van der Waals surface area contributed by atoms with Crippen LogP contribution in [-0.4, -0.2) is 11.0 Å². The number of anilines is 2. The van der Waals surface area contributed by atoms with Crippen molar-refractivity contribution in [2.45, 2.75) is 13.0 Å². The predicted molar refractivity (Wildman–Crippen MR) is 75.9 cm³/mol. The number of nitrogens with one attached hydrogen (secondary N) is 2. The van der Waals surface area contributed by atoms with Crippen LogP contribution in [0, 0.1) is 0 Å². The minimum atomic E-state index is -0.565. The zero-order valence-electron chi connectivity index (χ0n) is 10.6. The number of amides is 2. The first-order valence-corrected chi connectivity index (χ1v) is 5.98. The van der Waals surface area contributed by atoms with Gasteiger partial charge in [0.1, 0.15) is 0 Å². The summed E-state index contributed by atoms with van der Waals surface area (Å²) in [5, 5.41) is 5.87. The fourth-order valence-electron chi connectivity index (χ4n) is 1.76. The second kappa shape index (κ2) is 5.86. The minimum absolute atomic E-state index is 0.156. The van der Waals surface area contributed by atoms with Crippen LogP contribution >= 0.6 is 0 Å². The Morgan fingerprint density at radius 2 is 1.89 bits per heavy atom. The minimum Gasteiger partial charge on any atom is -0.378 e. The van der Waals surface area contributed by atoms with Gasteiger partial charge in [-0.1, -0.05) is 6.07 Å². The Balaban J connectivity index is 2.01. The molecule has 1 unspecified atom stereocenters. The molecule has 4 N–H and O–H groups in total. The van der Waals surface area contributed by atoms with Gasteiger partial charge in [-0.2, -0.15) is 0 Å². The molecular weight excluding hydrogens is 240 g/mol. The van der Waals surface area contributed by atoms with Gasteiger partial charge in [0.25, 0.3) is 0 Å². The molecule has 0 aliphatic rings. The largest absolute Gasteiger partial charge is 0.378 e. The fraction of sp³-hybridized carbons (Fsp3) is 0.143.